The number of hydrogen-bond donors (Lipinski definition) is 0. The summed E-state index contributed by atoms with van der Waals surface area (Å²) in [6.45, 7) is 1.58. The molecule has 1 aliphatic heterocycles. The predicted molar refractivity (Wildman–Crippen MR) is 78.8 cm³/mol. The molecule has 3 heterocycles. The van der Waals surface area contributed by atoms with Crippen molar-refractivity contribution < 1.29 is 17.6 Å². The van der Waals surface area contributed by atoms with E-state index in [-0.39, 0.29) is 28.7 Å². The molecule has 4 rings (SSSR count). The van der Waals surface area contributed by atoms with E-state index in [9.17, 15) is 17.6 Å². The molecule has 0 radical (unpaired) electrons. The van der Waals surface area contributed by atoms with Gasteiger partial charge in [0.2, 0.25) is 0 Å². The Balaban J connectivity index is 1.97. The lowest BCUT2D eigenvalue weighted by atomic mass is 10.1. The molecular formula is C16H12F4N4. The largest absolute Gasteiger partial charge is 0.319 e. The lowest BCUT2D eigenvalue weighted by Crippen LogP contribution is -2.12. The Bertz CT molecular complexity index is 951. The van der Waals surface area contributed by atoms with Gasteiger partial charge in [0.05, 0.1) is 17.8 Å². The maximum Gasteiger partial charge on any atom is 0.259 e. The van der Waals surface area contributed by atoms with Crippen LogP contribution in [0.2, 0.25) is 0 Å². The van der Waals surface area contributed by atoms with Crippen LogP contribution in [-0.4, -0.2) is 25.9 Å². The molecule has 24 heavy (non-hydrogen) atoms. The van der Waals surface area contributed by atoms with Crippen LogP contribution < -0.4 is 0 Å². The Hall–Kier alpha value is -2.51. The topological polar surface area (TPSA) is 43.6 Å². The fourth-order valence-electron chi connectivity index (χ4n) is 3.19. The number of aromatic nitrogens is 4. The van der Waals surface area contributed by atoms with Crippen molar-refractivity contribution in [2.45, 2.75) is 32.2 Å². The molecule has 0 N–H and O–H groups in total. The maximum absolute atomic E-state index is 14.4. The Morgan fingerprint density at radius 3 is 2.71 bits per heavy atom. The van der Waals surface area contributed by atoms with E-state index in [0.29, 0.717) is 18.1 Å². The van der Waals surface area contributed by atoms with E-state index in [1.54, 1.807) is 6.92 Å². The van der Waals surface area contributed by atoms with Crippen molar-refractivity contribution in [1.82, 2.24) is 19.5 Å². The van der Waals surface area contributed by atoms with E-state index >= 15 is 0 Å². The lowest BCUT2D eigenvalue weighted by Gasteiger charge is -2.13. The van der Waals surface area contributed by atoms with Crippen LogP contribution in [0.5, 0.6) is 0 Å². The molecule has 0 saturated carbocycles. The molecule has 3 aromatic rings. The highest BCUT2D eigenvalue weighted by atomic mass is 19.3. The van der Waals surface area contributed by atoms with Crippen molar-refractivity contribution in [3.63, 3.8) is 0 Å². The maximum atomic E-state index is 14.4. The zero-order valence-electron chi connectivity index (χ0n) is 12.6. The molecule has 0 spiro atoms. The number of aryl methyl sites for hydroxylation is 2. The van der Waals surface area contributed by atoms with Gasteiger partial charge < -0.3 is 4.57 Å². The first-order valence-corrected chi connectivity index (χ1v) is 7.43. The number of hydrogen-bond acceptors (Lipinski definition) is 3. The molecule has 0 unspecified atom stereocenters. The van der Waals surface area contributed by atoms with Crippen LogP contribution in [0.15, 0.2) is 18.3 Å². The number of alkyl halides is 2. The van der Waals surface area contributed by atoms with Crippen LogP contribution in [0.4, 0.5) is 17.6 Å². The normalized spacial score (nSPS) is 17.0. The van der Waals surface area contributed by atoms with Gasteiger partial charge in [0.25, 0.3) is 6.43 Å². The van der Waals surface area contributed by atoms with Crippen molar-refractivity contribution in [1.29, 1.82) is 0 Å². The van der Waals surface area contributed by atoms with E-state index in [4.69, 9.17) is 0 Å². The minimum Gasteiger partial charge on any atom is -0.319 e. The number of rotatable bonds is 2. The van der Waals surface area contributed by atoms with Crippen LogP contribution in [0.25, 0.3) is 22.3 Å². The van der Waals surface area contributed by atoms with Crippen LogP contribution in [-0.2, 0) is 6.42 Å². The van der Waals surface area contributed by atoms with Gasteiger partial charge in [-0.2, -0.15) is 0 Å². The molecule has 4 nitrogen and oxygen atoms in total. The second-order valence-electron chi connectivity index (χ2n) is 5.78. The summed E-state index contributed by atoms with van der Waals surface area (Å²) in [5.41, 5.74) is 0.361. The molecule has 0 amide bonds. The second-order valence-corrected chi connectivity index (χ2v) is 5.78. The van der Waals surface area contributed by atoms with Crippen molar-refractivity contribution in [3.8, 4) is 11.3 Å². The zero-order chi connectivity index (χ0) is 17.0. The van der Waals surface area contributed by atoms with Crippen LogP contribution in [0.1, 0.15) is 24.1 Å². The predicted octanol–water partition coefficient (Wildman–Crippen LogP) is 3.83. The summed E-state index contributed by atoms with van der Waals surface area (Å²) in [4.78, 5) is 11.9. The van der Waals surface area contributed by atoms with Gasteiger partial charge in [-0.1, -0.05) is 0 Å². The van der Waals surface area contributed by atoms with Crippen LogP contribution in [0.3, 0.4) is 0 Å². The third-order valence-corrected chi connectivity index (χ3v) is 4.25. The second kappa shape index (κ2) is 5.25. The van der Waals surface area contributed by atoms with Gasteiger partial charge in [-0.05, 0) is 25.5 Å². The standard InChI is InChI=1S/C16H12F4N4/c1-7-21-6-10(18)14(22-7)8-4-9(17)15-12(5-8)24-11(16(19)20)2-3-13(24)23-15/h4-6,11,16H,2-3H2,1H3/t11-/m0/s1. The van der Waals surface area contributed by atoms with Crippen molar-refractivity contribution in [3.05, 3.63) is 41.6 Å². The minimum absolute atomic E-state index is 0.0188. The summed E-state index contributed by atoms with van der Waals surface area (Å²) in [5, 5.41) is 0. The average molecular weight is 336 g/mol. The van der Waals surface area contributed by atoms with Gasteiger partial charge >= 0.3 is 0 Å². The number of nitrogens with zero attached hydrogens (tertiary/aromatic N) is 4. The Kier molecular flexibility index (Phi) is 3.29. The molecule has 0 bridgehead atoms. The molecule has 0 fully saturated rings. The quantitative estimate of drug-likeness (QED) is 0.668. The van der Waals surface area contributed by atoms with Crippen molar-refractivity contribution >= 4 is 11.0 Å². The Labute approximate surface area is 134 Å². The zero-order valence-corrected chi connectivity index (χ0v) is 12.6. The third kappa shape index (κ3) is 2.16. The molecule has 8 heteroatoms. The van der Waals surface area contributed by atoms with E-state index in [1.165, 1.54) is 10.6 Å². The van der Waals surface area contributed by atoms with Gasteiger partial charge in [0.15, 0.2) is 11.6 Å². The highest BCUT2D eigenvalue weighted by Gasteiger charge is 2.33. The lowest BCUT2D eigenvalue weighted by molar-refractivity contribution is 0.0883. The molecule has 0 aliphatic carbocycles. The minimum atomic E-state index is -2.58. The monoisotopic (exact) mass is 336 g/mol. The van der Waals surface area contributed by atoms with Gasteiger partial charge in [-0.3, -0.25) is 0 Å². The summed E-state index contributed by atoms with van der Waals surface area (Å²) >= 11 is 0. The SMILES string of the molecule is Cc1ncc(F)c(-c2cc(F)c3nc4n(c3c2)[C@H](C(F)F)CC4)n1. The fourth-order valence-corrected chi connectivity index (χ4v) is 3.19. The molecule has 1 aromatic carbocycles. The molecule has 0 saturated heterocycles. The smallest absolute Gasteiger partial charge is 0.259 e. The van der Waals surface area contributed by atoms with E-state index in [0.717, 1.165) is 12.3 Å². The number of imidazole rings is 1. The summed E-state index contributed by atoms with van der Waals surface area (Å²) in [6.07, 6.45) is -0.960. The summed E-state index contributed by atoms with van der Waals surface area (Å²) in [7, 11) is 0. The van der Waals surface area contributed by atoms with Gasteiger partial charge in [0.1, 0.15) is 22.9 Å². The first kappa shape index (κ1) is 15.0. The van der Waals surface area contributed by atoms with E-state index < -0.39 is 24.1 Å². The first-order chi connectivity index (χ1) is 11.5. The van der Waals surface area contributed by atoms with Crippen molar-refractivity contribution in [2.24, 2.45) is 0 Å². The summed E-state index contributed by atoms with van der Waals surface area (Å²) in [6, 6.07) is 1.53. The average Bonchev–Trinajstić information content (AvgIpc) is 3.09. The van der Waals surface area contributed by atoms with E-state index in [1.807, 2.05) is 0 Å². The molecule has 1 aliphatic rings. The third-order valence-electron chi connectivity index (χ3n) is 4.25. The van der Waals surface area contributed by atoms with Gasteiger partial charge in [-0.25, -0.2) is 32.5 Å². The number of fused-ring (bicyclic) bond motifs is 3. The fraction of sp³-hybridized carbons (Fsp3) is 0.312. The highest BCUT2D eigenvalue weighted by Crippen LogP contribution is 2.37. The van der Waals surface area contributed by atoms with Crippen LogP contribution >= 0.6 is 0 Å². The van der Waals surface area contributed by atoms with Gasteiger partial charge in [-0.15, -0.1) is 0 Å². The first-order valence-electron chi connectivity index (χ1n) is 7.43. The Morgan fingerprint density at radius 2 is 1.96 bits per heavy atom. The number of benzene rings is 1. The van der Waals surface area contributed by atoms with Crippen molar-refractivity contribution in [2.75, 3.05) is 0 Å². The van der Waals surface area contributed by atoms with E-state index in [2.05, 4.69) is 15.0 Å². The number of halogens is 4. The molecular weight excluding hydrogens is 324 g/mol. The molecule has 2 aromatic heterocycles. The van der Waals surface area contributed by atoms with Crippen LogP contribution in [0, 0.1) is 18.6 Å². The molecule has 124 valence electrons. The Morgan fingerprint density at radius 1 is 1.17 bits per heavy atom. The van der Waals surface area contributed by atoms with Gasteiger partial charge in [0, 0.05) is 12.0 Å². The molecule has 1 atom stereocenters. The highest BCUT2D eigenvalue weighted by molar-refractivity contribution is 5.83. The summed E-state index contributed by atoms with van der Waals surface area (Å²) in [5.74, 6) is -0.638. The summed E-state index contributed by atoms with van der Waals surface area (Å²) < 4.78 is 56.3.